The van der Waals surface area contributed by atoms with E-state index < -0.39 is 0 Å². The van der Waals surface area contributed by atoms with Crippen LogP contribution in [0.15, 0.2) is 92.3 Å². The first-order valence-electron chi connectivity index (χ1n) is 30.3. The molecule has 0 saturated heterocycles. The van der Waals surface area contributed by atoms with Crippen LogP contribution in [0.3, 0.4) is 0 Å². The van der Waals surface area contributed by atoms with Gasteiger partial charge in [-0.05, 0) is 315 Å². The smallest absolute Gasteiger partial charge is 0.125 e. The van der Waals surface area contributed by atoms with E-state index in [4.69, 9.17) is 0 Å². The van der Waals surface area contributed by atoms with Crippen molar-refractivity contribution in [2.45, 2.75) is 208 Å². The highest BCUT2D eigenvalue weighted by Crippen LogP contribution is 2.11. The molecule has 480 valence electrons. The van der Waals surface area contributed by atoms with E-state index in [0.29, 0.717) is 0 Å². The van der Waals surface area contributed by atoms with E-state index in [1.807, 2.05) is 187 Å². The summed E-state index contributed by atoms with van der Waals surface area (Å²) in [4.78, 5) is 45.3. The van der Waals surface area contributed by atoms with Gasteiger partial charge in [-0.15, -0.1) is 0 Å². The number of aryl methyl sites for hydroxylation is 26. The maximum absolute atomic E-state index is 4.27. The molecule has 10 aromatic rings. The zero-order chi connectivity index (χ0) is 68.5. The molecule has 10 heterocycles. The summed E-state index contributed by atoms with van der Waals surface area (Å²) in [6.07, 6.45) is 16.4. The van der Waals surface area contributed by atoms with Gasteiger partial charge in [0.15, 0.2) is 0 Å². The zero-order valence-corrected chi connectivity index (χ0v) is 60.4. The third kappa shape index (κ3) is 30.9. The lowest BCUT2D eigenvalue weighted by Crippen LogP contribution is -1.92. The van der Waals surface area contributed by atoms with Crippen molar-refractivity contribution in [3.63, 3.8) is 0 Å². The minimum absolute atomic E-state index is 0.845. The monoisotopic (exact) mass is 1220 g/mol. The van der Waals surface area contributed by atoms with Crippen molar-refractivity contribution in [3.05, 3.63) is 261 Å². The van der Waals surface area contributed by atoms with E-state index in [9.17, 15) is 0 Å². The maximum Gasteiger partial charge on any atom is 0.125 e. The maximum atomic E-state index is 4.27. The summed E-state index contributed by atoms with van der Waals surface area (Å²) in [7, 11) is 0. The summed E-state index contributed by atoms with van der Waals surface area (Å²) in [5, 5.41) is 15.5. The SMILES string of the molecule is Cc1cc(C)c(C)cn1.Cc1cc(C)c(C)nn1.Cc1ccc(C)c(C)n1.Cc1ccnc(C)c1C.Cc1cnc(C)c(C)c1.Cc1cnc(C)c(C)n1.Cc1cncc(C)c1C.Cc1cnnc(C)c1C.Cc1ncc(C)c(C)n1.Cc1ncnc(C)c1C. The third-order valence-corrected chi connectivity index (χ3v) is 15.1. The molecule has 0 aromatic carbocycles. The van der Waals surface area contributed by atoms with E-state index in [-0.39, 0.29) is 0 Å². The second-order valence-corrected chi connectivity index (χ2v) is 22.9. The van der Waals surface area contributed by atoms with Gasteiger partial charge in [0.1, 0.15) is 12.2 Å². The Morgan fingerprint density at radius 2 is 0.756 bits per heavy atom. The quantitative estimate of drug-likeness (QED) is 0.139. The fourth-order valence-corrected chi connectivity index (χ4v) is 7.14. The highest BCUT2D eigenvalue weighted by atomic mass is 15.1. The molecule has 0 fully saturated rings. The normalized spacial score (nSPS) is 9.67. The summed E-state index contributed by atoms with van der Waals surface area (Å²) >= 11 is 0. The second-order valence-electron chi connectivity index (χ2n) is 22.9. The lowest BCUT2D eigenvalue weighted by molar-refractivity contribution is 0.924. The van der Waals surface area contributed by atoms with Crippen molar-refractivity contribution in [2.24, 2.45) is 0 Å². The van der Waals surface area contributed by atoms with Crippen LogP contribution in [0, 0.1) is 208 Å². The van der Waals surface area contributed by atoms with Crippen molar-refractivity contribution in [1.29, 1.82) is 0 Å². The van der Waals surface area contributed by atoms with Crippen LogP contribution in [-0.4, -0.2) is 75.2 Å². The second kappa shape index (κ2) is 40.6. The number of rotatable bonds is 0. The Labute approximate surface area is 541 Å². The lowest BCUT2D eigenvalue weighted by atomic mass is 10.1. The Bertz CT molecular complexity index is 3150. The first-order chi connectivity index (χ1) is 42.1. The zero-order valence-electron chi connectivity index (χ0n) is 60.4. The Balaban J connectivity index is 0.000000500. The van der Waals surface area contributed by atoms with Crippen LogP contribution in [0.25, 0.3) is 0 Å². The minimum atomic E-state index is 0.845. The summed E-state index contributed by atoms with van der Waals surface area (Å²) in [5.41, 5.74) is 33.7. The molecule has 0 spiro atoms. The standard InChI is InChI=1S/5C8H11N.5C7H10N2/c1-6-4-9-5-7(2)8(6)3;1-6-4-8(3)9-5-7(6)2;1-6-4-7(2)8(3)9-5-6;1-6-4-5-9-8(3)7(6)2;1-6-4-5-7(2)9-8(6)3;1-5-6(2)8-4-9-7(5)3;1-5-4-8-6(2)7(3)9-5;1-5-4-8-7(3)9-6(5)2;1-5-4-8-9-7(3)6(5)2;1-5-4-6(2)8-9-7(5)3/h5*4-5H,1-3H3;5*4H,1-3H3. The predicted octanol–water partition coefficient (Wildman–Crippen LogP) is 17.0. The average molecular weight is 1220 g/mol. The van der Waals surface area contributed by atoms with E-state index in [2.05, 4.69) is 170 Å². The number of nitrogens with zero attached hydrogens (tertiary/aromatic N) is 15. The molecule has 15 nitrogen and oxygen atoms in total. The van der Waals surface area contributed by atoms with Gasteiger partial charge >= 0.3 is 0 Å². The Hall–Kier alpha value is -8.85. The molecule has 0 amide bonds. The molecule has 0 radical (unpaired) electrons. The summed E-state index contributed by atoms with van der Waals surface area (Å²) in [5.74, 6) is 0.845. The third-order valence-electron chi connectivity index (χ3n) is 15.1. The van der Waals surface area contributed by atoms with Gasteiger partial charge in [0.05, 0.1) is 40.4 Å². The van der Waals surface area contributed by atoms with E-state index in [1.54, 1.807) is 18.7 Å². The van der Waals surface area contributed by atoms with E-state index >= 15 is 0 Å². The van der Waals surface area contributed by atoms with Crippen LogP contribution in [0.1, 0.15) is 169 Å². The van der Waals surface area contributed by atoms with Gasteiger partial charge in [0.2, 0.25) is 0 Å². The molecule has 0 atom stereocenters. The summed E-state index contributed by atoms with van der Waals surface area (Å²) in [6, 6.07) is 12.4. The molecule has 15 heteroatoms. The molecule has 0 unspecified atom stereocenters. The first-order valence-corrected chi connectivity index (χ1v) is 30.3. The molecule has 0 N–H and O–H groups in total. The van der Waals surface area contributed by atoms with Gasteiger partial charge in [-0.2, -0.15) is 20.4 Å². The summed E-state index contributed by atoms with van der Waals surface area (Å²) < 4.78 is 0. The fourth-order valence-electron chi connectivity index (χ4n) is 7.14. The van der Waals surface area contributed by atoms with Gasteiger partial charge in [0, 0.05) is 88.9 Å². The van der Waals surface area contributed by atoms with Crippen LogP contribution in [0.5, 0.6) is 0 Å². The van der Waals surface area contributed by atoms with E-state index in [1.165, 1.54) is 77.9 Å². The summed E-state index contributed by atoms with van der Waals surface area (Å²) in [6.45, 7) is 60.7. The van der Waals surface area contributed by atoms with Crippen molar-refractivity contribution in [2.75, 3.05) is 0 Å². The van der Waals surface area contributed by atoms with Crippen LogP contribution in [0.4, 0.5) is 0 Å². The lowest BCUT2D eigenvalue weighted by Gasteiger charge is -1.99. The van der Waals surface area contributed by atoms with Crippen LogP contribution in [-0.2, 0) is 0 Å². The molecular weight excluding hydrogens is 1110 g/mol. The van der Waals surface area contributed by atoms with E-state index in [0.717, 1.165) is 91.1 Å². The number of aromatic nitrogens is 15. The molecule has 10 rings (SSSR count). The Morgan fingerprint density at radius 3 is 1.18 bits per heavy atom. The fraction of sp³-hybridized carbons (Fsp3) is 0.400. The van der Waals surface area contributed by atoms with Crippen LogP contribution >= 0.6 is 0 Å². The van der Waals surface area contributed by atoms with Crippen LogP contribution < -0.4 is 0 Å². The van der Waals surface area contributed by atoms with Crippen molar-refractivity contribution < 1.29 is 0 Å². The minimum Gasteiger partial charge on any atom is -0.264 e. The number of pyridine rings is 5. The molecule has 0 aliphatic rings. The van der Waals surface area contributed by atoms with Gasteiger partial charge < -0.3 is 0 Å². The van der Waals surface area contributed by atoms with Gasteiger partial charge in [0.25, 0.3) is 0 Å². The largest absolute Gasteiger partial charge is 0.264 e. The van der Waals surface area contributed by atoms with Gasteiger partial charge in [-0.25, -0.2) is 19.9 Å². The average Bonchev–Trinajstić information content (AvgIpc) is 3.54. The van der Waals surface area contributed by atoms with Crippen molar-refractivity contribution in [1.82, 2.24) is 75.2 Å². The highest BCUT2D eigenvalue weighted by molar-refractivity contribution is 5.29. The topological polar surface area (TPSA) is 193 Å². The molecule has 0 aliphatic carbocycles. The predicted molar refractivity (Wildman–Crippen MR) is 373 cm³/mol. The molecule has 90 heavy (non-hydrogen) atoms. The number of hydrogen-bond donors (Lipinski definition) is 0. The van der Waals surface area contributed by atoms with Gasteiger partial charge in [-0.3, -0.25) is 34.9 Å². The Kier molecular flexibility index (Phi) is 35.7. The molecule has 0 aliphatic heterocycles. The molecule has 0 bridgehead atoms. The molecular formula is C75H105N15. The van der Waals surface area contributed by atoms with Crippen molar-refractivity contribution in [3.8, 4) is 0 Å². The first kappa shape index (κ1) is 79.2. The Morgan fingerprint density at radius 1 is 0.233 bits per heavy atom. The van der Waals surface area contributed by atoms with Crippen LogP contribution in [0.2, 0.25) is 0 Å². The highest BCUT2D eigenvalue weighted by Gasteiger charge is 2.00. The molecule has 10 aromatic heterocycles. The van der Waals surface area contributed by atoms with Crippen molar-refractivity contribution >= 4 is 0 Å². The van der Waals surface area contributed by atoms with Gasteiger partial charge in [-0.1, -0.05) is 12.1 Å². The number of hydrogen-bond acceptors (Lipinski definition) is 15. The molecule has 0 saturated carbocycles.